The van der Waals surface area contributed by atoms with Crippen molar-refractivity contribution in [3.05, 3.63) is 35.9 Å². The maximum Gasteiger partial charge on any atom is 0.335 e. The van der Waals surface area contributed by atoms with E-state index in [-0.39, 0.29) is 63.0 Å². The molecule has 0 aliphatic carbocycles. The number of benzene rings is 1. The first-order chi connectivity index (χ1) is 26.7. The molecule has 57 heavy (non-hydrogen) atoms. The summed E-state index contributed by atoms with van der Waals surface area (Å²) in [6.07, 6.45) is -6.02. The van der Waals surface area contributed by atoms with Gasteiger partial charge < -0.3 is 54.7 Å². The average Bonchev–Trinajstić information content (AvgIpc) is 3.44. The van der Waals surface area contributed by atoms with Crippen molar-refractivity contribution in [1.29, 1.82) is 0 Å². The number of imide groups is 1. The van der Waals surface area contributed by atoms with Crippen LogP contribution in [0.15, 0.2) is 30.4 Å². The number of ether oxygens (including phenoxy) is 5. The van der Waals surface area contributed by atoms with Crippen molar-refractivity contribution in [3.63, 3.8) is 0 Å². The molecular formula is C35H49N3O18S. The summed E-state index contributed by atoms with van der Waals surface area (Å²) in [5.41, 5.74) is -0.591. The van der Waals surface area contributed by atoms with Gasteiger partial charge in [0.05, 0.1) is 18.6 Å². The molecule has 21 nitrogen and oxygen atoms in total. The summed E-state index contributed by atoms with van der Waals surface area (Å²) in [5, 5.41) is 44.7. The number of amides is 4. The van der Waals surface area contributed by atoms with Crippen LogP contribution in [0.4, 0.5) is 0 Å². The Balaban J connectivity index is 1.48. The van der Waals surface area contributed by atoms with Gasteiger partial charge in [0.1, 0.15) is 54.8 Å². The molecular weight excluding hydrogens is 782 g/mol. The molecule has 0 saturated carbocycles. The Morgan fingerprint density at radius 2 is 1.63 bits per heavy atom. The Labute approximate surface area is 328 Å². The van der Waals surface area contributed by atoms with Gasteiger partial charge in [-0.3, -0.25) is 33.4 Å². The van der Waals surface area contributed by atoms with Crippen molar-refractivity contribution < 1.29 is 85.8 Å². The van der Waals surface area contributed by atoms with Crippen LogP contribution in [0.25, 0.3) is 0 Å². The van der Waals surface area contributed by atoms with Crippen LogP contribution in [-0.4, -0.2) is 149 Å². The molecule has 7 N–H and O–H groups in total. The minimum Gasteiger partial charge on any atom is -0.491 e. The van der Waals surface area contributed by atoms with Crippen LogP contribution in [0.1, 0.15) is 52.0 Å². The van der Waals surface area contributed by atoms with Crippen LogP contribution in [0.3, 0.4) is 0 Å². The number of carboxylic acids is 1. The molecule has 0 bridgehead atoms. The van der Waals surface area contributed by atoms with Crippen LogP contribution in [0.5, 0.6) is 11.5 Å². The highest BCUT2D eigenvalue weighted by atomic mass is 32.2. The van der Waals surface area contributed by atoms with Gasteiger partial charge in [-0.2, -0.15) is 8.42 Å². The standard InChI is InChI=1S/C35H49N3O18S/c1-35(2,3)34(48)54-18-20-8-9-21(17-23(20)55-33-29(44)27(42)28(43)30(56-33)32(46)47)53-16-15-52-14-12-36-31(45)22(19-57(49,50)51)37-24(39)7-5-4-6-13-38-25(40)10-11-26(38)41/h8-11,17,22,27-30,33,42-44H,4-7,12-16,18-19H2,1-3H3,(H,36,45)(H,37,39)(H,46,47)(H,49,50,51)/t22-,27+,28+,29-,30+,33-/m1/s1. The molecule has 2 aliphatic heterocycles. The van der Waals surface area contributed by atoms with Gasteiger partial charge in [-0.25, -0.2) is 4.79 Å². The Hall–Kier alpha value is -4.71. The topological polar surface area (TPSA) is 311 Å². The van der Waals surface area contributed by atoms with Crippen molar-refractivity contribution in [2.45, 2.75) is 89.8 Å². The van der Waals surface area contributed by atoms with Crippen LogP contribution in [-0.2, 0) is 59.7 Å². The number of aliphatic hydroxyl groups excluding tert-OH is 3. The molecule has 0 radical (unpaired) electrons. The number of nitrogens with zero attached hydrogens (tertiary/aromatic N) is 1. The number of hydrogen-bond acceptors (Lipinski definition) is 16. The molecule has 22 heteroatoms. The Kier molecular flexibility index (Phi) is 17.3. The van der Waals surface area contributed by atoms with Gasteiger partial charge in [0.2, 0.25) is 18.1 Å². The fourth-order valence-corrected chi connectivity index (χ4v) is 5.88. The maximum absolute atomic E-state index is 12.7. The molecule has 3 rings (SSSR count). The monoisotopic (exact) mass is 831 g/mol. The third-order valence-corrected chi connectivity index (χ3v) is 9.08. The van der Waals surface area contributed by atoms with E-state index in [9.17, 15) is 62.2 Å². The molecule has 6 atom stereocenters. The van der Waals surface area contributed by atoms with Gasteiger partial charge in [0, 0.05) is 43.3 Å². The second-order valence-corrected chi connectivity index (χ2v) is 15.5. The van der Waals surface area contributed by atoms with Gasteiger partial charge in [0.25, 0.3) is 21.9 Å². The predicted molar refractivity (Wildman–Crippen MR) is 193 cm³/mol. The van der Waals surface area contributed by atoms with E-state index in [1.807, 2.05) is 0 Å². The molecule has 0 unspecified atom stereocenters. The molecule has 2 aliphatic rings. The molecule has 2 heterocycles. The normalized spacial score (nSPS) is 21.5. The average molecular weight is 832 g/mol. The highest BCUT2D eigenvalue weighted by molar-refractivity contribution is 7.85. The second kappa shape index (κ2) is 21.2. The number of carboxylic acid groups (broad SMARTS) is 1. The van der Waals surface area contributed by atoms with Crippen molar-refractivity contribution in [2.24, 2.45) is 5.41 Å². The summed E-state index contributed by atoms with van der Waals surface area (Å²) in [6.45, 7) is 4.49. The lowest BCUT2D eigenvalue weighted by Crippen LogP contribution is -2.61. The fourth-order valence-electron chi connectivity index (χ4n) is 5.22. The number of aliphatic carboxylic acids is 1. The number of carbonyl (C=O) groups is 6. The molecule has 0 spiro atoms. The lowest BCUT2D eigenvalue weighted by molar-refractivity contribution is -0.271. The molecule has 1 saturated heterocycles. The summed E-state index contributed by atoms with van der Waals surface area (Å²) < 4.78 is 59.8. The highest BCUT2D eigenvalue weighted by Crippen LogP contribution is 2.31. The maximum atomic E-state index is 12.7. The van der Waals surface area contributed by atoms with Crippen molar-refractivity contribution >= 4 is 45.7 Å². The molecule has 1 fully saturated rings. The molecule has 318 valence electrons. The van der Waals surface area contributed by atoms with Gasteiger partial charge in [-0.15, -0.1) is 0 Å². The number of hydrogen-bond donors (Lipinski definition) is 7. The van der Waals surface area contributed by atoms with E-state index in [0.717, 1.165) is 17.1 Å². The summed E-state index contributed by atoms with van der Waals surface area (Å²) in [7, 11) is -4.67. The smallest absolute Gasteiger partial charge is 0.335 e. The van der Waals surface area contributed by atoms with E-state index in [2.05, 4.69) is 10.6 Å². The van der Waals surface area contributed by atoms with Crippen molar-refractivity contribution in [2.75, 3.05) is 38.7 Å². The first-order valence-corrected chi connectivity index (χ1v) is 19.4. The van der Waals surface area contributed by atoms with Gasteiger partial charge in [-0.05, 0) is 45.7 Å². The molecule has 4 amide bonds. The summed E-state index contributed by atoms with van der Waals surface area (Å²) in [5.74, 6) is -5.54. The van der Waals surface area contributed by atoms with E-state index < -0.39 is 93.6 Å². The number of rotatable bonds is 22. The zero-order valence-electron chi connectivity index (χ0n) is 31.5. The number of unbranched alkanes of at least 4 members (excludes halogenated alkanes) is 2. The minimum atomic E-state index is -4.67. The van der Waals surface area contributed by atoms with Crippen LogP contribution in [0, 0.1) is 5.41 Å². The number of nitrogens with one attached hydrogen (secondary N) is 2. The van der Waals surface area contributed by atoms with Crippen LogP contribution >= 0.6 is 0 Å². The molecule has 0 aromatic heterocycles. The first kappa shape index (κ1) is 46.7. The van der Waals surface area contributed by atoms with Crippen LogP contribution < -0.4 is 20.1 Å². The van der Waals surface area contributed by atoms with Crippen molar-refractivity contribution in [3.8, 4) is 11.5 Å². The molecule has 1 aromatic rings. The Bertz CT molecular complexity index is 1730. The quantitative estimate of drug-likeness (QED) is 0.0300. The van der Waals surface area contributed by atoms with E-state index in [1.54, 1.807) is 20.8 Å². The lowest BCUT2D eigenvalue weighted by Gasteiger charge is -2.38. The summed E-state index contributed by atoms with van der Waals surface area (Å²) in [4.78, 5) is 73.3. The van der Waals surface area contributed by atoms with Crippen LogP contribution in [0.2, 0.25) is 0 Å². The van der Waals surface area contributed by atoms with E-state index in [0.29, 0.717) is 19.3 Å². The van der Waals surface area contributed by atoms with E-state index in [4.69, 9.17) is 23.7 Å². The molecule has 1 aromatic carbocycles. The van der Waals surface area contributed by atoms with E-state index in [1.165, 1.54) is 18.2 Å². The number of esters is 1. The second-order valence-electron chi connectivity index (χ2n) is 14.0. The number of aliphatic hydroxyl groups is 3. The largest absolute Gasteiger partial charge is 0.491 e. The lowest BCUT2D eigenvalue weighted by atomic mass is 9.97. The van der Waals surface area contributed by atoms with E-state index >= 15 is 0 Å². The Morgan fingerprint density at radius 1 is 0.947 bits per heavy atom. The predicted octanol–water partition coefficient (Wildman–Crippen LogP) is -1.58. The van der Waals surface area contributed by atoms with Gasteiger partial charge >= 0.3 is 11.9 Å². The minimum absolute atomic E-state index is 0.0341. The SMILES string of the molecule is CC(C)(C)C(=O)OCc1ccc(OCCOCCNC(=O)[C@@H](CS(=O)(=O)O)NC(=O)CCCCCN2C(=O)C=CC2=O)cc1O[C@@H]1O[C@H](C(=O)O)[C@@H](O)[C@H](O)[C@H]1O. The first-order valence-electron chi connectivity index (χ1n) is 17.8. The zero-order valence-corrected chi connectivity index (χ0v) is 32.3. The summed E-state index contributed by atoms with van der Waals surface area (Å²) >= 11 is 0. The third-order valence-electron chi connectivity index (χ3n) is 8.32. The number of carbonyl (C=O) groups excluding carboxylic acids is 5. The Morgan fingerprint density at radius 3 is 2.26 bits per heavy atom. The fraction of sp³-hybridized carbons (Fsp3) is 0.600. The zero-order chi connectivity index (χ0) is 42.5. The van der Waals surface area contributed by atoms with Gasteiger partial charge in [-0.1, -0.05) is 6.42 Å². The van der Waals surface area contributed by atoms with Gasteiger partial charge in [0.15, 0.2) is 6.10 Å². The highest BCUT2D eigenvalue weighted by Gasteiger charge is 2.48. The summed E-state index contributed by atoms with van der Waals surface area (Å²) in [6, 6.07) is 2.67. The van der Waals surface area contributed by atoms with Crippen molar-refractivity contribution in [1.82, 2.24) is 15.5 Å². The third kappa shape index (κ3) is 15.0.